The molecule has 3 aromatic carbocycles. The second-order valence-electron chi connectivity index (χ2n) is 6.15. The van der Waals surface area contributed by atoms with E-state index in [0.29, 0.717) is 30.2 Å². The van der Waals surface area contributed by atoms with Crippen LogP contribution >= 0.6 is 12.4 Å². The van der Waals surface area contributed by atoms with Crippen molar-refractivity contribution in [3.8, 4) is 11.5 Å². The molecule has 0 aromatic heterocycles. The van der Waals surface area contributed by atoms with E-state index in [1.807, 2.05) is 43.3 Å². The molecule has 5 heteroatoms. The van der Waals surface area contributed by atoms with Crippen LogP contribution in [0.15, 0.2) is 72.8 Å². The van der Waals surface area contributed by atoms with Crippen LogP contribution in [0.4, 0.5) is 4.39 Å². The van der Waals surface area contributed by atoms with E-state index in [4.69, 9.17) is 9.47 Å². The first-order valence-corrected chi connectivity index (χ1v) is 9.13. The summed E-state index contributed by atoms with van der Waals surface area (Å²) in [5.41, 5.74) is 2.72. The third-order valence-corrected chi connectivity index (χ3v) is 4.18. The summed E-state index contributed by atoms with van der Waals surface area (Å²) in [5, 5.41) is 3.43. The van der Waals surface area contributed by atoms with E-state index < -0.39 is 0 Å². The van der Waals surface area contributed by atoms with E-state index in [1.54, 1.807) is 18.2 Å². The van der Waals surface area contributed by atoms with Crippen LogP contribution in [0.1, 0.15) is 23.6 Å². The molecule has 0 fully saturated rings. The van der Waals surface area contributed by atoms with E-state index in [-0.39, 0.29) is 24.8 Å². The minimum Gasteiger partial charge on any atom is -0.490 e. The molecule has 0 aliphatic rings. The molecule has 0 saturated heterocycles. The van der Waals surface area contributed by atoms with Crippen LogP contribution in [0.2, 0.25) is 0 Å². The van der Waals surface area contributed by atoms with Crippen LogP contribution in [0.3, 0.4) is 0 Å². The van der Waals surface area contributed by atoms with Crippen LogP contribution < -0.4 is 14.8 Å². The highest BCUT2D eigenvalue weighted by atomic mass is 35.5. The topological polar surface area (TPSA) is 30.5 Å². The molecule has 28 heavy (non-hydrogen) atoms. The number of hydrogen-bond acceptors (Lipinski definition) is 3. The molecule has 0 bridgehead atoms. The van der Waals surface area contributed by atoms with Gasteiger partial charge in [-0.05, 0) is 24.6 Å². The molecule has 0 unspecified atom stereocenters. The highest BCUT2D eigenvalue weighted by molar-refractivity contribution is 5.85. The van der Waals surface area contributed by atoms with E-state index in [2.05, 4.69) is 17.4 Å². The zero-order valence-electron chi connectivity index (χ0n) is 15.9. The predicted octanol–water partition coefficient (Wildman–Crippen LogP) is 5.52. The van der Waals surface area contributed by atoms with Crippen molar-refractivity contribution in [2.45, 2.75) is 26.6 Å². The molecule has 0 amide bonds. The van der Waals surface area contributed by atoms with Gasteiger partial charge in [-0.25, -0.2) is 4.39 Å². The van der Waals surface area contributed by atoms with Gasteiger partial charge >= 0.3 is 0 Å². The van der Waals surface area contributed by atoms with Crippen molar-refractivity contribution in [3.05, 3.63) is 95.3 Å². The summed E-state index contributed by atoms with van der Waals surface area (Å²) in [7, 11) is 0. The quantitative estimate of drug-likeness (QED) is 0.512. The largest absolute Gasteiger partial charge is 0.490 e. The van der Waals surface area contributed by atoms with Crippen LogP contribution in [-0.2, 0) is 19.7 Å². The molecule has 0 aliphatic carbocycles. The molecule has 0 radical (unpaired) electrons. The van der Waals surface area contributed by atoms with Gasteiger partial charge in [-0.1, -0.05) is 60.7 Å². The van der Waals surface area contributed by atoms with Crippen molar-refractivity contribution in [1.29, 1.82) is 0 Å². The lowest BCUT2D eigenvalue weighted by Crippen LogP contribution is -2.14. The molecule has 0 atom stereocenters. The molecule has 0 saturated carbocycles. The summed E-state index contributed by atoms with van der Waals surface area (Å²) < 4.78 is 25.6. The van der Waals surface area contributed by atoms with Gasteiger partial charge in [-0.3, -0.25) is 0 Å². The highest BCUT2D eigenvalue weighted by Crippen LogP contribution is 2.32. The Hall–Kier alpha value is -2.56. The van der Waals surface area contributed by atoms with Crippen LogP contribution in [-0.4, -0.2) is 6.61 Å². The average Bonchev–Trinajstić information content (AvgIpc) is 2.70. The van der Waals surface area contributed by atoms with E-state index in [9.17, 15) is 4.39 Å². The molecule has 0 heterocycles. The monoisotopic (exact) mass is 401 g/mol. The Morgan fingerprint density at radius 3 is 2.25 bits per heavy atom. The second kappa shape index (κ2) is 11.3. The molecular weight excluding hydrogens is 377 g/mol. The summed E-state index contributed by atoms with van der Waals surface area (Å²) in [4.78, 5) is 0. The Bertz CT molecular complexity index is 858. The van der Waals surface area contributed by atoms with Crippen LogP contribution in [0.25, 0.3) is 0 Å². The molecule has 0 spiro atoms. The van der Waals surface area contributed by atoms with Gasteiger partial charge < -0.3 is 14.8 Å². The van der Waals surface area contributed by atoms with Crippen molar-refractivity contribution >= 4 is 12.4 Å². The lowest BCUT2D eigenvalue weighted by molar-refractivity contribution is 0.262. The van der Waals surface area contributed by atoms with Crippen molar-refractivity contribution < 1.29 is 13.9 Å². The number of nitrogens with one attached hydrogen (secondary N) is 1. The van der Waals surface area contributed by atoms with E-state index in [1.165, 1.54) is 11.6 Å². The van der Waals surface area contributed by atoms with E-state index >= 15 is 0 Å². The third kappa shape index (κ3) is 5.98. The van der Waals surface area contributed by atoms with Gasteiger partial charge in [0.25, 0.3) is 0 Å². The van der Waals surface area contributed by atoms with Crippen molar-refractivity contribution in [3.63, 3.8) is 0 Å². The van der Waals surface area contributed by atoms with Gasteiger partial charge in [0.1, 0.15) is 12.4 Å². The zero-order chi connectivity index (χ0) is 18.9. The van der Waals surface area contributed by atoms with Gasteiger partial charge in [0.15, 0.2) is 11.5 Å². The van der Waals surface area contributed by atoms with Gasteiger partial charge in [0.05, 0.1) is 6.61 Å². The lowest BCUT2D eigenvalue weighted by atomic mass is 10.1. The highest BCUT2D eigenvalue weighted by Gasteiger charge is 2.12. The maximum Gasteiger partial charge on any atom is 0.166 e. The average molecular weight is 402 g/mol. The SMILES string of the molecule is CCOc1cccc(CNCc2ccccc2)c1OCc1ccccc1F.Cl. The standard InChI is InChI=1S/C23H24FNO2.ClH/c1-2-26-22-14-8-12-19(16-25-15-18-9-4-3-5-10-18)23(22)27-17-20-11-6-7-13-21(20)24;/h3-14,25H,2,15-17H2,1H3;1H. The van der Waals surface area contributed by atoms with Gasteiger partial charge in [-0.2, -0.15) is 0 Å². The predicted molar refractivity (Wildman–Crippen MR) is 113 cm³/mol. The van der Waals surface area contributed by atoms with Gasteiger partial charge in [-0.15, -0.1) is 12.4 Å². The van der Waals surface area contributed by atoms with Crippen molar-refractivity contribution in [2.75, 3.05) is 6.61 Å². The number of para-hydroxylation sites is 1. The molecule has 148 valence electrons. The number of benzene rings is 3. The minimum atomic E-state index is -0.268. The maximum absolute atomic E-state index is 13.9. The van der Waals surface area contributed by atoms with E-state index in [0.717, 1.165) is 12.1 Å². The number of halogens is 2. The van der Waals surface area contributed by atoms with Crippen LogP contribution in [0, 0.1) is 5.82 Å². The van der Waals surface area contributed by atoms with Gasteiger partial charge in [0, 0.05) is 24.2 Å². The fraction of sp³-hybridized carbons (Fsp3) is 0.217. The number of rotatable bonds is 9. The summed E-state index contributed by atoms with van der Waals surface area (Å²) >= 11 is 0. The first-order chi connectivity index (χ1) is 13.3. The smallest absolute Gasteiger partial charge is 0.166 e. The summed E-state index contributed by atoms with van der Waals surface area (Å²) in [6, 6.07) is 22.7. The second-order valence-corrected chi connectivity index (χ2v) is 6.15. The normalized spacial score (nSPS) is 10.2. The van der Waals surface area contributed by atoms with Crippen LogP contribution in [0.5, 0.6) is 11.5 Å². The lowest BCUT2D eigenvalue weighted by Gasteiger charge is -2.17. The summed E-state index contributed by atoms with van der Waals surface area (Å²) in [5.74, 6) is 1.06. The molecule has 3 nitrogen and oxygen atoms in total. The fourth-order valence-corrected chi connectivity index (χ4v) is 2.84. The Morgan fingerprint density at radius 1 is 0.786 bits per heavy atom. The summed E-state index contributed by atoms with van der Waals surface area (Å²) in [6.07, 6.45) is 0. The molecular formula is C23H25ClFNO2. The third-order valence-electron chi connectivity index (χ3n) is 4.18. The maximum atomic E-state index is 13.9. The Morgan fingerprint density at radius 2 is 1.50 bits per heavy atom. The number of hydrogen-bond donors (Lipinski definition) is 1. The number of ether oxygens (including phenoxy) is 2. The Kier molecular flexibility index (Phi) is 8.79. The molecule has 3 rings (SSSR count). The molecule has 3 aromatic rings. The molecule has 1 N–H and O–H groups in total. The fourth-order valence-electron chi connectivity index (χ4n) is 2.84. The first-order valence-electron chi connectivity index (χ1n) is 9.13. The Balaban J connectivity index is 0.00000280. The van der Waals surface area contributed by atoms with Gasteiger partial charge in [0.2, 0.25) is 0 Å². The minimum absolute atomic E-state index is 0. The van der Waals surface area contributed by atoms with Crippen molar-refractivity contribution in [2.24, 2.45) is 0 Å². The Labute approximate surface area is 171 Å². The summed E-state index contributed by atoms with van der Waals surface area (Å²) in [6.45, 7) is 4.01. The first kappa shape index (κ1) is 21.7. The molecule has 0 aliphatic heterocycles. The zero-order valence-corrected chi connectivity index (χ0v) is 16.7. The van der Waals surface area contributed by atoms with Crippen molar-refractivity contribution in [1.82, 2.24) is 5.32 Å².